The number of nitrogens with two attached hydrogens (primary N) is 1. The standard InChI is InChI=1S/C12H13F3N2O4S/c13-12(14,15)22(20,21)10-4-2-1-3-8(10)17-6-7(18)5-9(17)11(16)19/h1-4,7,9,18H,5-6H2,(H2,16,19)/t7-,9+/m0/s1. The van der Waals surface area contributed by atoms with E-state index in [1.807, 2.05) is 0 Å². The molecule has 122 valence electrons. The van der Waals surface area contributed by atoms with Gasteiger partial charge in [-0.3, -0.25) is 4.79 Å². The van der Waals surface area contributed by atoms with Gasteiger partial charge in [0.2, 0.25) is 5.91 Å². The number of aliphatic hydroxyl groups excluding tert-OH is 1. The number of amides is 1. The molecule has 1 aliphatic heterocycles. The topological polar surface area (TPSA) is 101 Å². The number of anilines is 1. The maximum atomic E-state index is 12.8. The molecule has 2 rings (SSSR count). The van der Waals surface area contributed by atoms with Crippen molar-refractivity contribution >= 4 is 21.4 Å². The number of aliphatic hydroxyl groups is 1. The van der Waals surface area contributed by atoms with E-state index in [-0.39, 0.29) is 18.7 Å². The number of para-hydroxylation sites is 1. The van der Waals surface area contributed by atoms with E-state index in [0.29, 0.717) is 0 Å². The minimum absolute atomic E-state index is 0.0737. The lowest BCUT2D eigenvalue weighted by atomic mass is 10.2. The zero-order valence-electron chi connectivity index (χ0n) is 11.1. The smallest absolute Gasteiger partial charge is 0.391 e. The lowest BCUT2D eigenvalue weighted by Gasteiger charge is -2.26. The van der Waals surface area contributed by atoms with Crippen molar-refractivity contribution in [2.45, 2.75) is 29.0 Å². The summed E-state index contributed by atoms with van der Waals surface area (Å²) in [5.74, 6) is -0.851. The largest absolute Gasteiger partial charge is 0.501 e. The molecule has 0 unspecified atom stereocenters. The Hall–Kier alpha value is -1.81. The van der Waals surface area contributed by atoms with Crippen LogP contribution in [0.15, 0.2) is 29.2 Å². The minimum atomic E-state index is -5.59. The Labute approximate surface area is 124 Å². The predicted octanol–water partition coefficient (Wildman–Crippen LogP) is 0.405. The second-order valence-corrected chi connectivity index (χ2v) is 6.79. The molecule has 0 radical (unpaired) electrons. The summed E-state index contributed by atoms with van der Waals surface area (Å²) in [5, 5.41) is 9.61. The SMILES string of the molecule is NC(=O)[C@H]1C[C@H](O)CN1c1ccccc1S(=O)(=O)C(F)(F)F. The Balaban J connectivity index is 2.57. The van der Waals surface area contributed by atoms with E-state index in [4.69, 9.17) is 5.73 Å². The summed E-state index contributed by atoms with van der Waals surface area (Å²) in [7, 11) is -5.59. The van der Waals surface area contributed by atoms with Crippen molar-refractivity contribution in [2.24, 2.45) is 5.73 Å². The third-order valence-electron chi connectivity index (χ3n) is 3.38. The van der Waals surface area contributed by atoms with Crippen LogP contribution >= 0.6 is 0 Å². The molecular formula is C12H13F3N2O4S. The van der Waals surface area contributed by atoms with Crippen LogP contribution in [0.2, 0.25) is 0 Å². The zero-order valence-corrected chi connectivity index (χ0v) is 11.9. The van der Waals surface area contributed by atoms with Crippen LogP contribution in [0.25, 0.3) is 0 Å². The molecule has 22 heavy (non-hydrogen) atoms. The summed E-state index contributed by atoms with van der Waals surface area (Å²) in [6, 6.07) is 3.37. The fourth-order valence-electron chi connectivity index (χ4n) is 2.40. The summed E-state index contributed by atoms with van der Waals surface area (Å²) in [6.07, 6.45) is -1.06. The maximum absolute atomic E-state index is 12.8. The predicted molar refractivity (Wildman–Crippen MR) is 70.6 cm³/mol. The molecule has 0 saturated carbocycles. The van der Waals surface area contributed by atoms with E-state index in [1.165, 1.54) is 6.07 Å². The Bertz CT molecular complexity index is 690. The van der Waals surface area contributed by atoms with Crippen LogP contribution in [0, 0.1) is 0 Å². The second-order valence-electron chi connectivity index (χ2n) is 4.88. The van der Waals surface area contributed by atoms with Crippen LogP contribution in [0.5, 0.6) is 0 Å². The molecule has 1 aromatic carbocycles. The van der Waals surface area contributed by atoms with E-state index in [9.17, 15) is 31.5 Å². The molecule has 1 amide bonds. The van der Waals surface area contributed by atoms with Gasteiger partial charge >= 0.3 is 5.51 Å². The van der Waals surface area contributed by atoms with Gasteiger partial charge in [-0.2, -0.15) is 13.2 Å². The molecule has 2 atom stereocenters. The van der Waals surface area contributed by atoms with Gasteiger partial charge in [-0.25, -0.2) is 8.42 Å². The first-order chi connectivity index (χ1) is 10.1. The van der Waals surface area contributed by atoms with Gasteiger partial charge in [0.15, 0.2) is 0 Å². The van der Waals surface area contributed by atoms with Gasteiger partial charge in [0.05, 0.1) is 16.7 Å². The van der Waals surface area contributed by atoms with Crippen molar-refractivity contribution in [2.75, 3.05) is 11.4 Å². The molecule has 1 heterocycles. The van der Waals surface area contributed by atoms with E-state index < -0.39 is 38.3 Å². The summed E-state index contributed by atoms with van der Waals surface area (Å²) in [6.45, 7) is -0.183. The summed E-state index contributed by atoms with van der Waals surface area (Å²) < 4.78 is 61.6. The zero-order chi connectivity index (χ0) is 16.7. The van der Waals surface area contributed by atoms with Crippen LogP contribution in [0.1, 0.15) is 6.42 Å². The Morgan fingerprint density at radius 3 is 2.45 bits per heavy atom. The van der Waals surface area contributed by atoms with Crippen LogP contribution in [0.3, 0.4) is 0 Å². The van der Waals surface area contributed by atoms with Crippen molar-refractivity contribution in [3.05, 3.63) is 24.3 Å². The van der Waals surface area contributed by atoms with Gasteiger partial charge in [0.25, 0.3) is 9.84 Å². The third kappa shape index (κ3) is 2.75. The van der Waals surface area contributed by atoms with Gasteiger partial charge in [-0.1, -0.05) is 12.1 Å². The average molecular weight is 338 g/mol. The molecule has 1 aromatic rings. The van der Waals surface area contributed by atoms with Crippen molar-refractivity contribution < 1.29 is 31.5 Å². The van der Waals surface area contributed by atoms with Crippen molar-refractivity contribution in [3.8, 4) is 0 Å². The number of carbonyl (C=O) groups is 1. The molecule has 6 nitrogen and oxygen atoms in total. The number of sulfone groups is 1. The molecule has 10 heteroatoms. The maximum Gasteiger partial charge on any atom is 0.501 e. The van der Waals surface area contributed by atoms with Crippen LogP contribution in [0.4, 0.5) is 18.9 Å². The van der Waals surface area contributed by atoms with Crippen molar-refractivity contribution in [1.82, 2.24) is 0 Å². The normalized spacial score (nSPS) is 22.8. The molecule has 1 fully saturated rings. The number of hydrogen-bond acceptors (Lipinski definition) is 5. The fraction of sp³-hybridized carbons (Fsp3) is 0.417. The molecule has 3 N–H and O–H groups in total. The number of halogens is 3. The number of benzene rings is 1. The van der Waals surface area contributed by atoms with Crippen LogP contribution < -0.4 is 10.6 Å². The van der Waals surface area contributed by atoms with Gasteiger partial charge in [-0.05, 0) is 12.1 Å². The van der Waals surface area contributed by atoms with E-state index in [0.717, 1.165) is 23.1 Å². The summed E-state index contributed by atoms with van der Waals surface area (Å²) in [4.78, 5) is 11.5. The average Bonchev–Trinajstić information content (AvgIpc) is 2.79. The highest BCUT2D eigenvalue weighted by atomic mass is 32.2. The van der Waals surface area contributed by atoms with Gasteiger partial charge in [0.1, 0.15) is 6.04 Å². The molecule has 0 aliphatic carbocycles. The van der Waals surface area contributed by atoms with Crippen LogP contribution in [-0.4, -0.2) is 43.6 Å². The first kappa shape index (κ1) is 16.6. The third-order valence-corrected chi connectivity index (χ3v) is 4.91. The minimum Gasteiger partial charge on any atom is -0.391 e. The van der Waals surface area contributed by atoms with Crippen molar-refractivity contribution in [3.63, 3.8) is 0 Å². The second kappa shape index (κ2) is 5.43. The number of β-amino-alcohol motifs (C(OH)–C–C–N with tert-alkyl or cyclic N) is 1. The van der Waals surface area contributed by atoms with Gasteiger partial charge in [0, 0.05) is 13.0 Å². The quantitative estimate of drug-likeness (QED) is 0.831. The highest BCUT2D eigenvalue weighted by Gasteiger charge is 2.49. The summed E-state index contributed by atoms with van der Waals surface area (Å²) >= 11 is 0. The van der Waals surface area contributed by atoms with Crippen LogP contribution in [-0.2, 0) is 14.6 Å². The number of hydrogen-bond donors (Lipinski definition) is 2. The molecular weight excluding hydrogens is 325 g/mol. The summed E-state index contributed by atoms with van der Waals surface area (Å²) in [5.41, 5.74) is -0.605. The van der Waals surface area contributed by atoms with E-state index in [1.54, 1.807) is 0 Å². The first-order valence-electron chi connectivity index (χ1n) is 6.20. The molecule has 1 saturated heterocycles. The Morgan fingerprint density at radius 1 is 1.32 bits per heavy atom. The lowest BCUT2D eigenvalue weighted by molar-refractivity contribution is -0.119. The fourth-order valence-corrected chi connectivity index (χ4v) is 3.36. The molecule has 0 spiro atoms. The van der Waals surface area contributed by atoms with E-state index >= 15 is 0 Å². The molecule has 0 bridgehead atoms. The number of primary amides is 1. The number of alkyl halides is 3. The first-order valence-corrected chi connectivity index (χ1v) is 7.68. The van der Waals surface area contributed by atoms with E-state index in [2.05, 4.69) is 0 Å². The van der Waals surface area contributed by atoms with Gasteiger partial charge < -0.3 is 15.7 Å². The number of carbonyl (C=O) groups excluding carboxylic acids is 1. The molecule has 0 aromatic heterocycles. The van der Waals surface area contributed by atoms with Crippen molar-refractivity contribution in [1.29, 1.82) is 0 Å². The highest BCUT2D eigenvalue weighted by Crippen LogP contribution is 2.38. The Kier molecular flexibility index (Phi) is 4.09. The monoisotopic (exact) mass is 338 g/mol. The molecule has 1 aliphatic rings. The van der Waals surface area contributed by atoms with Gasteiger partial charge in [-0.15, -0.1) is 0 Å². The lowest BCUT2D eigenvalue weighted by Crippen LogP contribution is -2.41. The highest BCUT2D eigenvalue weighted by molar-refractivity contribution is 7.92. The number of rotatable bonds is 3. The number of nitrogens with zero attached hydrogens (tertiary/aromatic N) is 1. The Morgan fingerprint density at radius 2 is 1.91 bits per heavy atom.